The monoisotopic (exact) mass is 1630 g/mol. The standard InChI is InChI=1S/C78H134N16O21/c1-26-43(11)54(82-58(104)51-35-46(97)40-94(51)69(115)78(25,31-6)83-44(12)95)60(106)87-75(22,28-3)64(110)81-49(33-42(9)10)55(101)84-70(13,14)61(107)88-71(15,16)62(108)89-72(17,18)67(113)92-38-45(96)34-50(92)57(103)80-48(32-41(7)8)56(102)85-76(23,29-4)65(111)90-73(19,20)68(114)93-39-47(98)36-52(93)59(105)86-77(24,30-5)66(112)91-74(21,27-2)63(109)79-37-53(99)100/h41-43,45-52,54,96-98H,26-40H2,1-25H3,(H,79,109)(H,80,103)(H,81,110)(H,82,104)(H,83,95)(H,84,101)(H,85,102)(H,86,105)(H,87,106)(H,88,107)(H,89,108)(H,90,111)(H,91,112)(H,99,100). The van der Waals surface area contributed by atoms with Gasteiger partial charge >= 0.3 is 5.97 Å². The number of β-amino-alcohol motifs (C(OH)–C–C–N with tert-alkyl or cyclic N) is 3. The van der Waals surface area contributed by atoms with Gasteiger partial charge in [0, 0.05) is 45.8 Å². The number of aliphatic hydroxyl groups is 3. The molecule has 3 aliphatic heterocycles. The molecule has 3 saturated heterocycles. The van der Waals surface area contributed by atoms with Crippen molar-refractivity contribution < 1.29 is 102 Å². The van der Waals surface area contributed by atoms with Crippen LogP contribution in [0.4, 0.5) is 0 Å². The Balaban J connectivity index is 1.78. The zero-order chi connectivity index (χ0) is 88.8. The number of likely N-dealkylation sites (tertiary alicyclic amines) is 3. The maximum atomic E-state index is 14.7. The highest BCUT2D eigenvalue weighted by Crippen LogP contribution is 2.30. The van der Waals surface area contributed by atoms with E-state index < -0.39 is 224 Å². The molecular formula is C78H134N16O21. The lowest BCUT2D eigenvalue weighted by atomic mass is 9.91. The summed E-state index contributed by atoms with van der Waals surface area (Å²) in [5.74, 6) is -15.1. The Hall–Kier alpha value is -9.13. The number of aliphatic carboxylic acids is 1. The van der Waals surface area contributed by atoms with E-state index in [0.717, 1.165) is 9.80 Å². The van der Waals surface area contributed by atoms with Crippen molar-refractivity contribution >= 4 is 100 Å². The summed E-state index contributed by atoms with van der Waals surface area (Å²) in [4.78, 5) is 240. The number of carbonyl (C=O) groups excluding carboxylic acids is 16. The molecule has 3 rings (SSSR count). The summed E-state index contributed by atoms with van der Waals surface area (Å²) >= 11 is 0. The molecule has 0 aromatic rings. The zero-order valence-electron chi connectivity index (χ0n) is 72.1. The van der Waals surface area contributed by atoms with Crippen molar-refractivity contribution in [2.24, 2.45) is 17.8 Å². The van der Waals surface area contributed by atoms with E-state index in [1.165, 1.54) is 102 Å². The Morgan fingerprint density at radius 3 is 1.11 bits per heavy atom. The number of carboxylic acids is 1. The Labute approximate surface area is 675 Å². The Bertz CT molecular complexity index is 3640. The van der Waals surface area contributed by atoms with Gasteiger partial charge in [-0.25, -0.2) is 0 Å². The number of amides is 16. The first-order chi connectivity index (χ1) is 52.6. The summed E-state index contributed by atoms with van der Waals surface area (Å²) in [6.07, 6.45) is -3.85. The van der Waals surface area contributed by atoms with Gasteiger partial charge in [-0.15, -0.1) is 0 Å². The lowest BCUT2D eigenvalue weighted by Gasteiger charge is -2.38. The maximum absolute atomic E-state index is 14.7. The average Bonchev–Trinajstić information content (AvgIpc) is 1.73. The number of rotatable bonds is 40. The van der Waals surface area contributed by atoms with E-state index in [9.17, 15) is 96.8 Å². The molecular weight excluding hydrogens is 1500 g/mol. The third-order valence-electron chi connectivity index (χ3n) is 22.4. The minimum Gasteiger partial charge on any atom is -0.480 e. The molecule has 15 unspecified atom stereocenters. The third kappa shape index (κ3) is 25.7. The van der Waals surface area contributed by atoms with Crippen LogP contribution in [-0.4, -0.2) is 266 Å². The normalized spacial score (nSPS) is 21.6. The molecule has 37 heteroatoms. The third-order valence-corrected chi connectivity index (χ3v) is 22.4. The van der Waals surface area contributed by atoms with Crippen LogP contribution in [0, 0.1) is 17.8 Å². The molecule has 17 N–H and O–H groups in total. The van der Waals surface area contributed by atoms with Crippen LogP contribution < -0.4 is 69.1 Å². The van der Waals surface area contributed by atoms with Gasteiger partial charge < -0.3 is 104 Å². The highest BCUT2D eigenvalue weighted by Gasteiger charge is 2.53. The molecule has 115 heavy (non-hydrogen) atoms. The van der Waals surface area contributed by atoms with Gasteiger partial charge in [0.25, 0.3) is 0 Å². The molecule has 0 saturated carbocycles. The van der Waals surface area contributed by atoms with Crippen LogP contribution in [0.5, 0.6) is 0 Å². The molecule has 652 valence electrons. The fourth-order valence-corrected chi connectivity index (χ4v) is 13.5. The number of hydrogen-bond donors (Lipinski definition) is 17. The maximum Gasteiger partial charge on any atom is 0.322 e. The van der Waals surface area contributed by atoms with Crippen molar-refractivity contribution in [2.75, 3.05) is 26.2 Å². The van der Waals surface area contributed by atoms with Crippen LogP contribution >= 0.6 is 0 Å². The van der Waals surface area contributed by atoms with E-state index >= 15 is 0 Å². The molecule has 16 amide bonds. The summed E-state index contributed by atoms with van der Waals surface area (Å²) in [6.45, 7) is 36.0. The van der Waals surface area contributed by atoms with Gasteiger partial charge in [0.2, 0.25) is 94.5 Å². The fraction of sp³-hybridized carbons (Fsp3) is 0.782. The topological polar surface area (TPSA) is 537 Å². The molecule has 37 nitrogen and oxygen atoms in total. The highest BCUT2D eigenvalue weighted by atomic mass is 16.4. The number of carbonyl (C=O) groups is 17. The van der Waals surface area contributed by atoms with Crippen LogP contribution in [0.15, 0.2) is 0 Å². The van der Waals surface area contributed by atoms with Crippen LogP contribution in [-0.2, 0) is 81.5 Å². The molecule has 3 heterocycles. The number of carboxylic acid groups (broad SMARTS) is 1. The quantitative estimate of drug-likeness (QED) is 0.0339. The summed E-state index contributed by atoms with van der Waals surface area (Å²) < 4.78 is 0. The predicted octanol–water partition coefficient (Wildman–Crippen LogP) is -1.31. The molecule has 0 bridgehead atoms. The van der Waals surface area contributed by atoms with Gasteiger partial charge in [-0.1, -0.05) is 82.6 Å². The highest BCUT2D eigenvalue weighted by molar-refractivity contribution is 6.04. The molecule has 0 aliphatic carbocycles. The summed E-state index contributed by atoms with van der Waals surface area (Å²) in [5.41, 5.74) is -15.6. The number of aliphatic hydroxyl groups excluding tert-OH is 3. The van der Waals surface area contributed by atoms with Crippen LogP contribution in [0.2, 0.25) is 0 Å². The van der Waals surface area contributed by atoms with E-state index in [1.807, 2.05) is 0 Å². The van der Waals surface area contributed by atoms with Gasteiger partial charge in [-0.05, 0) is 153 Å². The minimum absolute atomic E-state index is 0.0145. The van der Waals surface area contributed by atoms with Gasteiger partial charge in [0.1, 0.15) is 92.6 Å². The van der Waals surface area contributed by atoms with Gasteiger partial charge in [-0.3, -0.25) is 81.5 Å². The first-order valence-corrected chi connectivity index (χ1v) is 39.9. The summed E-state index contributed by atoms with van der Waals surface area (Å²) in [5, 5.41) is 76.1. The molecule has 0 radical (unpaired) electrons. The van der Waals surface area contributed by atoms with Gasteiger partial charge in [0.15, 0.2) is 0 Å². The van der Waals surface area contributed by atoms with Gasteiger partial charge in [0.05, 0.1) is 18.3 Å². The smallest absolute Gasteiger partial charge is 0.322 e. The molecule has 3 fully saturated rings. The molecule has 0 aromatic heterocycles. The molecule has 3 aliphatic rings. The molecule has 0 spiro atoms. The van der Waals surface area contributed by atoms with Crippen molar-refractivity contribution in [1.82, 2.24) is 83.8 Å². The second-order valence-electron chi connectivity index (χ2n) is 35.3. The van der Waals surface area contributed by atoms with Crippen molar-refractivity contribution in [2.45, 2.75) is 348 Å². The van der Waals surface area contributed by atoms with Crippen molar-refractivity contribution in [1.29, 1.82) is 0 Å². The first kappa shape index (κ1) is 100. The second kappa shape index (κ2) is 39.7. The fourth-order valence-electron chi connectivity index (χ4n) is 13.5. The lowest BCUT2D eigenvalue weighted by Crippen LogP contribution is -2.68. The number of nitrogens with zero attached hydrogens (tertiary/aromatic N) is 3. The van der Waals surface area contributed by atoms with Crippen LogP contribution in [0.25, 0.3) is 0 Å². The Morgan fingerprint density at radius 1 is 0.365 bits per heavy atom. The summed E-state index contributed by atoms with van der Waals surface area (Å²) in [6, 6.07) is -7.97. The van der Waals surface area contributed by atoms with E-state index in [-0.39, 0.29) is 89.1 Å². The van der Waals surface area contributed by atoms with Crippen molar-refractivity contribution in [3.05, 3.63) is 0 Å². The van der Waals surface area contributed by atoms with E-state index in [4.69, 9.17) is 5.11 Å². The average molecular weight is 1630 g/mol. The number of hydrogen-bond acceptors (Lipinski definition) is 20. The van der Waals surface area contributed by atoms with Crippen LogP contribution in [0.3, 0.4) is 0 Å². The van der Waals surface area contributed by atoms with Crippen LogP contribution in [0.1, 0.15) is 244 Å². The van der Waals surface area contributed by atoms with E-state index in [1.54, 1.807) is 76.2 Å². The van der Waals surface area contributed by atoms with Crippen molar-refractivity contribution in [3.8, 4) is 0 Å². The first-order valence-electron chi connectivity index (χ1n) is 39.9. The van der Waals surface area contributed by atoms with Gasteiger partial charge in [-0.2, -0.15) is 0 Å². The molecule has 15 atom stereocenters. The van der Waals surface area contributed by atoms with Crippen molar-refractivity contribution in [3.63, 3.8) is 0 Å². The number of nitrogens with one attached hydrogen (secondary N) is 13. The predicted molar refractivity (Wildman–Crippen MR) is 422 cm³/mol. The molecule has 0 aromatic carbocycles. The lowest BCUT2D eigenvalue weighted by molar-refractivity contribution is -0.147. The zero-order valence-corrected chi connectivity index (χ0v) is 72.1. The Kier molecular flexibility index (Phi) is 34.5. The largest absolute Gasteiger partial charge is 0.480 e. The SMILES string of the molecule is CCC(C)C(NC(=O)C1CC(O)CN1C(=O)C(C)(CC)NC(C)=O)C(=O)NC(C)(CC)C(=O)NC(CC(C)C)C(=O)NC(C)(C)C(=O)NC(C)(C)C(=O)NC(C)(C)C(=O)N1CC(O)CC1C(=O)NC(CC(C)C)C(=O)NC(C)(CC)C(=O)NC(C)(C)C(=O)N1CC(O)CC1C(=O)NC(C)(CC)C(=O)NC(C)(CC)C(=O)NCC(=O)O. The minimum atomic E-state index is -1.87. The second-order valence-corrected chi connectivity index (χ2v) is 35.3. The van der Waals surface area contributed by atoms with E-state index in [2.05, 4.69) is 69.1 Å². The Morgan fingerprint density at radius 2 is 0.704 bits per heavy atom. The summed E-state index contributed by atoms with van der Waals surface area (Å²) in [7, 11) is 0. The van der Waals surface area contributed by atoms with E-state index in [0.29, 0.717) is 6.42 Å².